The molecule has 27 heavy (non-hydrogen) atoms. The fraction of sp³-hybridized carbons (Fsp3) is 0.529. The molecule has 3 aromatic rings. The minimum absolute atomic E-state index is 0.104. The highest BCUT2D eigenvalue weighted by Crippen LogP contribution is 2.39. The summed E-state index contributed by atoms with van der Waals surface area (Å²) in [6.45, 7) is 0.890. The van der Waals surface area contributed by atoms with E-state index < -0.39 is 10.0 Å². The third-order valence-electron chi connectivity index (χ3n) is 5.41. The lowest BCUT2D eigenvalue weighted by Gasteiger charge is -2.29. The van der Waals surface area contributed by atoms with Crippen molar-refractivity contribution in [3.8, 4) is 0 Å². The Labute approximate surface area is 157 Å². The number of aromatic nitrogens is 6. The molecule has 142 valence electrons. The maximum atomic E-state index is 12.7. The molecule has 0 N–H and O–H groups in total. The molecule has 0 unspecified atom stereocenters. The van der Waals surface area contributed by atoms with Gasteiger partial charge in [0.15, 0.2) is 16.5 Å². The van der Waals surface area contributed by atoms with Gasteiger partial charge in [-0.2, -0.15) is 13.9 Å². The van der Waals surface area contributed by atoms with E-state index in [9.17, 15) is 8.42 Å². The van der Waals surface area contributed by atoms with Gasteiger partial charge in [-0.25, -0.2) is 13.4 Å². The molecule has 2 fully saturated rings. The zero-order chi connectivity index (χ0) is 18.6. The number of aryl methyl sites for hydroxylation is 1. The summed E-state index contributed by atoms with van der Waals surface area (Å²) in [7, 11) is -1.78. The first-order valence-electron chi connectivity index (χ1n) is 9.23. The van der Waals surface area contributed by atoms with E-state index in [1.54, 1.807) is 11.6 Å². The first-order chi connectivity index (χ1) is 13.0. The summed E-state index contributed by atoms with van der Waals surface area (Å²) in [6, 6.07) is 4.01. The van der Waals surface area contributed by atoms with Gasteiger partial charge in [0.25, 0.3) is 10.0 Å². The molecular weight excluding hydrogens is 366 g/mol. The normalized spacial score (nSPS) is 19.7. The van der Waals surface area contributed by atoms with E-state index in [4.69, 9.17) is 5.10 Å². The Morgan fingerprint density at radius 2 is 1.81 bits per heavy atom. The van der Waals surface area contributed by atoms with Crippen molar-refractivity contribution < 1.29 is 8.42 Å². The SMILES string of the molecule is Cn1cnc(S(=O)(=O)N2CCC(c3nnc4ccc(C5CC5)nn34)CC2)c1. The maximum Gasteiger partial charge on any atom is 0.262 e. The molecule has 9 nitrogen and oxygen atoms in total. The van der Waals surface area contributed by atoms with E-state index in [0.717, 1.165) is 17.2 Å². The second-order valence-corrected chi connectivity index (χ2v) is 9.30. The van der Waals surface area contributed by atoms with E-state index >= 15 is 0 Å². The fourth-order valence-electron chi connectivity index (χ4n) is 3.68. The fourth-order valence-corrected chi connectivity index (χ4v) is 5.12. The zero-order valence-corrected chi connectivity index (χ0v) is 15.9. The number of rotatable bonds is 4. The van der Waals surface area contributed by atoms with Gasteiger partial charge in [0.1, 0.15) is 0 Å². The van der Waals surface area contributed by atoms with Crippen molar-refractivity contribution in [2.45, 2.75) is 42.5 Å². The van der Waals surface area contributed by atoms with Crippen molar-refractivity contribution in [3.63, 3.8) is 0 Å². The molecule has 5 rings (SSSR count). The molecule has 0 amide bonds. The zero-order valence-electron chi connectivity index (χ0n) is 15.1. The molecule has 0 atom stereocenters. The second-order valence-electron chi connectivity index (χ2n) is 7.42. The third-order valence-corrected chi connectivity index (χ3v) is 7.19. The molecule has 1 saturated carbocycles. The number of hydrogen-bond acceptors (Lipinski definition) is 6. The van der Waals surface area contributed by atoms with Gasteiger partial charge >= 0.3 is 0 Å². The molecule has 0 radical (unpaired) electrons. The molecule has 10 heteroatoms. The van der Waals surface area contributed by atoms with Crippen molar-refractivity contribution in [1.29, 1.82) is 0 Å². The standard InChI is InChI=1S/C17H21N7O2S/c1-22-10-16(18-11-22)27(25,26)23-8-6-13(7-9-23)17-20-19-15-5-4-14(12-2-3-12)21-24(15)17/h4-5,10-13H,2-3,6-9H2,1H3. The van der Waals surface area contributed by atoms with Gasteiger partial charge in [-0.3, -0.25) is 0 Å². The summed E-state index contributed by atoms with van der Waals surface area (Å²) < 4.78 is 30.5. The number of fused-ring (bicyclic) bond motifs is 1. The molecule has 1 saturated heterocycles. The molecule has 4 heterocycles. The summed E-state index contributed by atoms with van der Waals surface area (Å²) in [5.74, 6) is 1.55. The third kappa shape index (κ3) is 2.92. The molecule has 0 bridgehead atoms. The van der Waals surface area contributed by atoms with E-state index in [2.05, 4.69) is 15.2 Å². The number of sulfonamides is 1. The number of hydrogen-bond donors (Lipinski definition) is 0. The van der Waals surface area contributed by atoms with Crippen LogP contribution in [0.2, 0.25) is 0 Å². The highest BCUT2D eigenvalue weighted by Gasteiger charge is 2.33. The minimum Gasteiger partial charge on any atom is -0.339 e. The van der Waals surface area contributed by atoms with Crippen LogP contribution in [-0.4, -0.2) is 55.2 Å². The van der Waals surface area contributed by atoms with Crippen LogP contribution in [0.4, 0.5) is 0 Å². The largest absolute Gasteiger partial charge is 0.339 e. The van der Waals surface area contributed by atoms with E-state index in [0.29, 0.717) is 31.8 Å². The van der Waals surface area contributed by atoms with Gasteiger partial charge in [0, 0.05) is 38.2 Å². The van der Waals surface area contributed by atoms with Crippen LogP contribution in [0.25, 0.3) is 5.65 Å². The van der Waals surface area contributed by atoms with E-state index in [1.807, 2.05) is 16.6 Å². The Morgan fingerprint density at radius 3 is 2.48 bits per heavy atom. The van der Waals surface area contributed by atoms with Crippen molar-refractivity contribution in [1.82, 2.24) is 33.7 Å². The molecule has 0 spiro atoms. The second kappa shape index (κ2) is 6.10. The van der Waals surface area contributed by atoms with E-state index in [-0.39, 0.29) is 10.9 Å². The topological polar surface area (TPSA) is 98.3 Å². The maximum absolute atomic E-state index is 12.7. The van der Waals surface area contributed by atoms with Crippen LogP contribution < -0.4 is 0 Å². The Bertz CT molecular complexity index is 1090. The minimum atomic E-state index is -3.54. The molecule has 1 aliphatic heterocycles. The average molecular weight is 387 g/mol. The molecule has 1 aliphatic carbocycles. The first-order valence-corrected chi connectivity index (χ1v) is 10.7. The van der Waals surface area contributed by atoms with Gasteiger partial charge < -0.3 is 4.57 Å². The summed E-state index contributed by atoms with van der Waals surface area (Å²) in [5.41, 5.74) is 1.84. The van der Waals surface area contributed by atoms with Gasteiger partial charge in [-0.15, -0.1) is 10.2 Å². The van der Waals surface area contributed by atoms with Crippen molar-refractivity contribution in [2.24, 2.45) is 7.05 Å². The average Bonchev–Trinajstić information content (AvgIpc) is 3.29. The Morgan fingerprint density at radius 1 is 1.04 bits per heavy atom. The van der Waals surface area contributed by atoms with Crippen LogP contribution in [0.15, 0.2) is 29.7 Å². The van der Waals surface area contributed by atoms with Crippen LogP contribution in [0, 0.1) is 0 Å². The summed E-state index contributed by atoms with van der Waals surface area (Å²) in [6.07, 6.45) is 6.83. The summed E-state index contributed by atoms with van der Waals surface area (Å²) >= 11 is 0. The Kier molecular flexibility index (Phi) is 3.80. The van der Waals surface area contributed by atoms with Crippen molar-refractivity contribution >= 4 is 15.7 Å². The predicted octanol–water partition coefficient (Wildman–Crippen LogP) is 1.30. The number of piperidine rings is 1. The molecular formula is C17H21N7O2S. The van der Waals surface area contributed by atoms with Crippen LogP contribution in [0.3, 0.4) is 0 Å². The molecule has 0 aromatic carbocycles. The quantitative estimate of drug-likeness (QED) is 0.669. The van der Waals surface area contributed by atoms with Gasteiger partial charge in [-0.1, -0.05) is 0 Å². The predicted molar refractivity (Wildman–Crippen MR) is 96.7 cm³/mol. The van der Waals surface area contributed by atoms with Crippen LogP contribution in [0.1, 0.15) is 49.0 Å². The van der Waals surface area contributed by atoms with Crippen LogP contribution >= 0.6 is 0 Å². The Balaban J connectivity index is 1.36. The van der Waals surface area contributed by atoms with Gasteiger partial charge in [0.05, 0.1) is 12.0 Å². The smallest absolute Gasteiger partial charge is 0.262 e. The number of imidazole rings is 1. The lowest BCUT2D eigenvalue weighted by atomic mass is 9.97. The van der Waals surface area contributed by atoms with Crippen molar-refractivity contribution in [3.05, 3.63) is 36.2 Å². The van der Waals surface area contributed by atoms with Crippen LogP contribution in [0.5, 0.6) is 0 Å². The molecule has 2 aliphatic rings. The highest BCUT2D eigenvalue weighted by atomic mass is 32.2. The summed E-state index contributed by atoms with van der Waals surface area (Å²) in [5, 5.41) is 13.4. The van der Waals surface area contributed by atoms with Gasteiger partial charge in [-0.05, 0) is 37.8 Å². The lowest BCUT2D eigenvalue weighted by Crippen LogP contribution is -2.38. The first kappa shape index (κ1) is 16.8. The molecule has 3 aromatic heterocycles. The van der Waals surface area contributed by atoms with Gasteiger partial charge in [0.2, 0.25) is 0 Å². The Hall–Kier alpha value is -2.33. The summed E-state index contributed by atoms with van der Waals surface area (Å²) in [4.78, 5) is 4.00. The van der Waals surface area contributed by atoms with E-state index in [1.165, 1.54) is 29.7 Å². The highest BCUT2D eigenvalue weighted by molar-refractivity contribution is 7.89. The van der Waals surface area contributed by atoms with Crippen molar-refractivity contribution in [2.75, 3.05) is 13.1 Å². The van der Waals surface area contributed by atoms with Crippen LogP contribution in [-0.2, 0) is 17.1 Å². The number of nitrogens with zero attached hydrogens (tertiary/aromatic N) is 7. The monoisotopic (exact) mass is 387 g/mol. The lowest BCUT2D eigenvalue weighted by molar-refractivity contribution is 0.310.